The van der Waals surface area contributed by atoms with Crippen LogP contribution in [0.5, 0.6) is 5.88 Å². The Labute approximate surface area is 133 Å². The molecule has 0 unspecified atom stereocenters. The zero-order chi connectivity index (χ0) is 15.0. The van der Waals surface area contributed by atoms with Crippen LogP contribution in [0, 0.1) is 5.82 Å². The van der Waals surface area contributed by atoms with Crippen molar-refractivity contribution in [3.05, 3.63) is 46.4 Å². The van der Waals surface area contributed by atoms with E-state index in [4.69, 9.17) is 16.3 Å². The summed E-state index contributed by atoms with van der Waals surface area (Å²) < 4.78 is 21.0. The summed E-state index contributed by atoms with van der Waals surface area (Å²) >= 11 is 9.09. The van der Waals surface area contributed by atoms with Crippen LogP contribution >= 0.6 is 27.5 Å². The molecule has 4 nitrogen and oxygen atoms in total. The highest BCUT2D eigenvalue weighted by atomic mass is 79.9. The second-order valence-corrected chi connectivity index (χ2v) is 5.41. The maximum Gasteiger partial charge on any atom is 0.215 e. The minimum Gasteiger partial charge on any atom is -0.481 e. The standard InChI is InChI=1S/C14H10BrClFN3O/c1-21-13-5-4-11-14(19-13)20(12(7-16)18-11)8-2-3-9(15)10(17)6-8/h2-6H,7H2,1H3. The van der Waals surface area contributed by atoms with Crippen molar-refractivity contribution < 1.29 is 9.13 Å². The highest BCUT2D eigenvalue weighted by Crippen LogP contribution is 2.25. The average Bonchev–Trinajstić information content (AvgIpc) is 2.87. The second-order valence-electron chi connectivity index (χ2n) is 4.29. The third-order valence-corrected chi connectivity index (χ3v) is 3.92. The van der Waals surface area contributed by atoms with E-state index >= 15 is 0 Å². The summed E-state index contributed by atoms with van der Waals surface area (Å²) in [7, 11) is 1.54. The molecule has 2 aromatic heterocycles. The molecule has 21 heavy (non-hydrogen) atoms. The molecular weight excluding hydrogens is 361 g/mol. The van der Waals surface area contributed by atoms with Crippen LogP contribution in [0.25, 0.3) is 16.9 Å². The first kappa shape index (κ1) is 14.3. The van der Waals surface area contributed by atoms with Crippen LogP contribution in [0.3, 0.4) is 0 Å². The van der Waals surface area contributed by atoms with Crippen LogP contribution in [0.1, 0.15) is 5.82 Å². The number of hydrogen-bond donors (Lipinski definition) is 0. The van der Waals surface area contributed by atoms with Crippen molar-refractivity contribution in [1.29, 1.82) is 0 Å². The summed E-state index contributed by atoms with van der Waals surface area (Å²) in [5.41, 5.74) is 1.86. The Hall–Kier alpha value is -1.66. The molecule has 0 aliphatic carbocycles. The number of halogens is 3. The molecular formula is C14H10BrClFN3O. The maximum absolute atomic E-state index is 13.8. The van der Waals surface area contributed by atoms with Crippen LogP contribution in [0.15, 0.2) is 34.8 Å². The molecule has 0 aliphatic heterocycles. The topological polar surface area (TPSA) is 39.9 Å². The van der Waals surface area contributed by atoms with Crippen LogP contribution in [0.4, 0.5) is 4.39 Å². The number of aromatic nitrogens is 3. The molecule has 0 aliphatic rings. The van der Waals surface area contributed by atoms with Gasteiger partial charge in [0.1, 0.15) is 17.2 Å². The van der Waals surface area contributed by atoms with Gasteiger partial charge in [0.05, 0.1) is 23.1 Å². The van der Waals surface area contributed by atoms with Gasteiger partial charge in [-0.05, 0) is 40.2 Å². The fourth-order valence-electron chi connectivity index (χ4n) is 2.09. The van der Waals surface area contributed by atoms with Crippen molar-refractivity contribution in [2.45, 2.75) is 5.88 Å². The number of fused-ring (bicyclic) bond motifs is 1. The average molecular weight is 371 g/mol. The number of methoxy groups -OCH3 is 1. The van der Waals surface area contributed by atoms with Crippen molar-refractivity contribution in [3.8, 4) is 11.6 Å². The SMILES string of the molecule is COc1ccc2nc(CCl)n(-c3ccc(Br)c(F)c3)c2n1. The lowest BCUT2D eigenvalue weighted by Crippen LogP contribution is -2.01. The number of imidazole rings is 1. The van der Waals surface area contributed by atoms with E-state index in [1.54, 1.807) is 28.8 Å². The van der Waals surface area contributed by atoms with E-state index < -0.39 is 0 Å². The number of benzene rings is 1. The monoisotopic (exact) mass is 369 g/mol. The molecule has 0 bridgehead atoms. The molecule has 1 aromatic carbocycles. The Bertz CT molecular complexity index is 821. The van der Waals surface area contributed by atoms with Gasteiger partial charge in [-0.3, -0.25) is 4.57 Å². The van der Waals surface area contributed by atoms with Crippen LogP contribution in [-0.2, 0) is 5.88 Å². The molecule has 0 N–H and O–H groups in total. The smallest absolute Gasteiger partial charge is 0.215 e. The molecule has 3 aromatic rings. The summed E-state index contributed by atoms with van der Waals surface area (Å²) in [6.07, 6.45) is 0. The molecule has 0 atom stereocenters. The van der Waals surface area contributed by atoms with Gasteiger partial charge in [-0.15, -0.1) is 11.6 Å². The van der Waals surface area contributed by atoms with Crippen molar-refractivity contribution in [2.24, 2.45) is 0 Å². The van der Waals surface area contributed by atoms with Crippen molar-refractivity contribution in [3.63, 3.8) is 0 Å². The second kappa shape index (κ2) is 5.61. The minimum atomic E-state index is -0.363. The van der Waals surface area contributed by atoms with Crippen LogP contribution in [0.2, 0.25) is 0 Å². The third-order valence-electron chi connectivity index (χ3n) is 3.04. The zero-order valence-electron chi connectivity index (χ0n) is 11.0. The Morgan fingerprint density at radius 3 is 2.76 bits per heavy atom. The fraction of sp³-hybridized carbons (Fsp3) is 0.143. The summed E-state index contributed by atoms with van der Waals surface area (Å²) in [5, 5.41) is 0. The number of pyridine rings is 1. The number of hydrogen-bond acceptors (Lipinski definition) is 3. The predicted octanol–water partition coefficient (Wildman–Crippen LogP) is 4.07. The predicted molar refractivity (Wildman–Crippen MR) is 82.6 cm³/mol. The van der Waals surface area contributed by atoms with E-state index in [2.05, 4.69) is 25.9 Å². The summed E-state index contributed by atoms with van der Waals surface area (Å²) in [4.78, 5) is 8.79. The first-order valence-electron chi connectivity index (χ1n) is 6.08. The molecule has 7 heteroatoms. The lowest BCUT2D eigenvalue weighted by molar-refractivity contribution is 0.399. The highest BCUT2D eigenvalue weighted by molar-refractivity contribution is 9.10. The van der Waals surface area contributed by atoms with Gasteiger partial charge in [0.25, 0.3) is 0 Å². The van der Waals surface area contributed by atoms with Crippen LogP contribution in [-0.4, -0.2) is 21.6 Å². The molecule has 3 rings (SSSR count). The largest absolute Gasteiger partial charge is 0.481 e. The lowest BCUT2D eigenvalue weighted by atomic mass is 10.3. The Morgan fingerprint density at radius 1 is 1.29 bits per heavy atom. The molecule has 0 saturated carbocycles. The molecule has 0 saturated heterocycles. The lowest BCUT2D eigenvalue weighted by Gasteiger charge is -2.08. The van der Waals surface area contributed by atoms with Gasteiger partial charge < -0.3 is 4.74 Å². The van der Waals surface area contributed by atoms with E-state index in [-0.39, 0.29) is 11.7 Å². The van der Waals surface area contributed by atoms with Gasteiger partial charge >= 0.3 is 0 Å². The number of alkyl halides is 1. The van der Waals surface area contributed by atoms with Crippen molar-refractivity contribution >= 4 is 38.7 Å². The van der Waals surface area contributed by atoms with E-state index in [1.165, 1.54) is 13.2 Å². The van der Waals surface area contributed by atoms with E-state index in [0.29, 0.717) is 33.0 Å². The summed E-state index contributed by atoms with van der Waals surface area (Å²) in [6.45, 7) is 0. The molecule has 0 amide bonds. The Kier molecular flexibility index (Phi) is 3.82. The zero-order valence-corrected chi connectivity index (χ0v) is 13.3. The first-order valence-corrected chi connectivity index (χ1v) is 7.40. The molecule has 108 valence electrons. The van der Waals surface area contributed by atoms with Crippen LogP contribution < -0.4 is 4.74 Å². The van der Waals surface area contributed by atoms with Gasteiger partial charge in [-0.1, -0.05) is 0 Å². The minimum absolute atomic E-state index is 0.191. The fourth-order valence-corrected chi connectivity index (χ4v) is 2.51. The quantitative estimate of drug-likeness (QED) is 0.653. The highest BCUT2D eigenvalue weighted by Gasteiger charge is 2.15. The number of ether oxygens (including phenoxy) is 1. The van der Waals surface area contributed by atoms with Gasteiger partial charge in [-0.2, -0.15) is 4.98 Å². The maximum atomic E-state index is 13.8. The van der Waals surface area contributed by atoms with Gasteiger partial charge in [0.2, 0.25) is 5.88 Å². The van der Waals surface area contributed by atoms with Gasteiger partial charge in [-0.25, -0.2) is 9.37 Å². The van der Waals surface area contributed by atoms with E-state index in [9.17, 15) is 4.39 Å². The molecule has 0 spiro atoms. The van der Waals surface area contributed by atoms with Crippen molar-refractivity contribution in [1.82, 2.24) is 14.5 Å². The summed E-state index contributed by atoms with van der Waals surface area (Å²) in [5.74, 6) is 0.880. The molecule has 2 heterocycles. The Balaban J connectivity index is 2.30. The first-order chi connectivity index (χ1) is 10.1. The number of rotatable bonds is 3. The molecule has 0 radical (unpaired) electrons. The van der Waals surface area contributed by atoms with E-state index in [0.717, 1.165) is 0 Å². The number of nitrogens with zero attached hydrogens (tertiary/aromatic N) is 3. The summed E-state index contributed by atoms with van der Waals surface area (Å²) in [6, 6.07) is 8.32. The van der Waals surface area contributed by atoms with Gasteiger partial charge in [0, 0.05) is 6.07 Å². The molecule has 0 fully saturated rings. The van der Waals surface area contributed by atoms with E-state index in [1.807, 2.05) is 0 Å². The Morgan fingerprint density at radius 2 is 2.10 bits per heavy atom. The van der Waals surface area contributed by atoms with Crippen molar-refractivity contribution in [2.75, 3.05) is 7.11 Å². The third kappa shape index (κ3) is 2.49. The normalized spacial score (nSPS) is 11.0. The van der Waals surface area contributed by atoms with Gasteiger partial charge in [0.15, 0.2) is 5.65 Å².